The molecule has 1 aromatic carbocycles. The molecule has 15 heavy (non-hydrogen) atoms. The Kier molecular flexibility index (Phi) is 3.51. The molecule has 80 valence electrons. The van der Waals surface area contributed by atoms with Crippen LogP contribution in [0.15, 0.2) is 12.1 Å². The number of nitrogens with zero attached hydrogens (tertiary/aromatic N) is 1. The van der Waals surface area contributed by atoms with E-state index >= 15 is 0 Å². The third-order valence-corrected chi connectivity index (χ3v) is 2.32. The SMILES string of the molecule is Cl.N#Cc1c(F)ccc2c1OCC[C@@H]2N. The first kappa shape index (κ1) is 11.8. The molecule has 0 radical (unpaired) electrons. The fraction of sp³-hybridized carbons (Fsp3) is 0.300. The van der Waals surface area contributed by atoms with E-state index in [1.54, 1.807) is 12.1 Å². The summed E-state index contributed by atoms with van der Waals surface area (Å²) in [7, 11) is 0. The first-order valence-electron chi connectivity index (χ1n) is 4.35. The van der Waals surface area contributed by atoms with Gasteiger partial charge >= 0.3 is 0 Å². The summed E-state index contributed by atoms with van der Waals surface area (Å²) in [5.74, 6) is -0.244. The van der Waals surface area contributed by atoms with E-state index in [0.29, 0.717) is 24.3 Å². The van der Waals surface area contributed by atoms with Crippen molar-refractivity contribution < 1.29 is 9.13 Å². The number of nitriles is 1. The maximum absolute atomic E-state index is 13.2. The predicted molar refractivity (Wildman–Crippen MR) is 55.4 cm³/mol. The Bertz CT molecular complexity index is 417. The highest BCUT2D eigenvalue weighted by molar-refractivity contribution is 5.85. The van der Waals surface area contributed by atoms with Crippen molar-refractivity contribution in [2.45, 2.75) is 12.5 Å². The lowest BCUT2D eigenvalue weighted by molar-refractivity contribution is 0.266. The van der Waals surface area contributed by atoms with Gasteiger partial charge in [-0.15, -0.1) is 12.4 Å². The van der Waals surface area contributed by atoms with Gasteiger partial charge in [0.2, 0.25) is 0 Å². The zero-order chi connectivity index (χ0) is 10.1. The van der Waals surface area contributed by atoms with Crippen LogP contribution in [0.4, 0.5) is 4.39 Å². The standard InChI is InChI=1S/C10H9FN2O.ClH/c11-8-2-1-6-9(13)3-4-14-10(6)7(8)5-12;/h1-2,9H,3-4,13H2;1H/t9-;/m0./s1. The Morgan fingerprint density at radius 3 is 2.93 bits per heavy atom. The molecule has 0 aliphatic carbocycles. The molecule has 0 spiro atoms. The zero-order valence-electron chi connectivity index (χ0n) is 7.87. The minimum atomic E-state index is -0.555. The molecule has 5 heteroatoms. The van der Waals surface area contributed by atoms with Crippen molar-refractivity contribution in [1.29, 1.82) is 5.26 Å². The second-order valence-corrected chi connectivity index (χ2v) is 3.20. The van der Waals surface area contributed by atoms with E-state index in [4.69, 9.17) is 15.7 Å². The van der Waals surface area contributed by atoms with Crippen molar-refractivity contribution in [2.24, 2.45) is 5.73 Å². The third-order valence-electron chi connectivity index (χ3n) is 2.32. The molecular weight excluding hydrogens is 219 g/mol. The van der Waals surface area contributed by atoms with Crippen LogP contribution in [0.3, 0.4) is 0 Å². The molecule has 1 aliphatic heterocycles. The van der Waals surface area contributed by atoms with Crippen LogP contribution in [0.1, 0.15) is 23.6 Å². The summed E-state index contributed by atoms with van der Waals surface area (Å²) in [5.41, 5.74) is 6.48. The second-order valence-electron chi connectivity index (χ2n) is 3.20. The van der Waals surface area contributed by atoms with E-state index in [0.717, 1.165) is 0 Å². The number of rotatable bonds is 0. The van der Waals surface area contributed by atoms with Gasteiger partial charge in [-0.05, 0) is 6.07 Å². The molecule has 0 saturated heterocycles. The Labute approximate surface area is 93.0 Å². The molecule has 1 aliphatic rings. The minimum absolute atomic E-state index is 0. The van der Waals surface area contributed by atoms with Crippen molar-refractivity contribution in [3.63, 3.8) is 0 Å². The summed E-state index contributed by atoms with van der Waals surface area (Å²) >= 11 is 0. The lowest BCUT2D eigenvalue weighted by Gasteiger charge is -2.23. The summed E-state index contributed by atoms with van der Waals surface area (Å²) < 4.78 is 18.4. The van der Waals surface area contributed by atoms with Crippen molar-refractivity contribution in [2.75, 3.05) is 6.61 Å². The van der Waals surface area contributed by atoms with Crippen molar-refractivity contribution in [1.82, 2.24) is 0 Å². The molecule has 0 fully saturated rings. The highest BCUT2D eigenvalue weighted by atomic mass is 35.5. The van der Waals surface area contributed by atoms with Gasteiger partial charge in [-0.2, -0.15) is 5.26 Å². The Balaban J connectivity index is 0.00000112. The molecule has 0 aromatic heterocycles. The summed E-state index contributed by atoms with van der Waals surface area (Å²) in [4.78, 5) is 0. The summed E-state index contributed by atoms with van der Waals surface area (Å²) in [5, 5.41) is 8.75. The van der Waals surface area contributed by atoms with Gasteiger partial charge in [0.25, 0.3) is 0 Å². The van der Waals surface area contributed by atoms with Gasteiger partial charge in [0.15, 0.2) is 0 Å². The van der Waals surface area contributed by atoms with E-state index in [2.05, 4.69) is 0 Å². The second kappa shape index (κ2) is 4.47. The molecule has 0 saturated carbocycles. The van der Waals surface area contributed by atoms with Crippen LogP contribution in [0, 0.1) is 17.1 Å². The van der Waals surface area contributed by atoms with E-state index in [1.807, 2.05) is 0 Å². The smallest absolute Gasteiger partial charge is 0.144 e. The highest BCUT2D eigenvalue weighted by Crippen LogP contribution is 2.34. The van der Waals surface area contributed by atoms with Crippen LogP contribution in [0.5, 0.6) is 5.75 Å². The largest absolute Gasteiger partial charge is 0.492 e. The van der Waals surface area contributed by atoms with Gasteiger partial charge in [0, 0.05) is 18.0 Å². The first-order valence-corrected chi connectivity index (χ1v) is 4.35. The summed E-state index contributed by atoms with van der Waals surface area (Å²) in [6.07, 6.45) is 0.698. The number of nitrogens with two attached hydrogens (primary N) is 1. The molecular formula is C10H10ClFN2O. The molecule has 1 heterocycles. The molecule has 1 aromatic rings. The number of halogens is 2. The van der Waals surface area contributed by atoms with Crippen LogP contribution in [0.25, 0.3) is 0 Å². The van der Waals surface area contributed by atoms with Crippen molar-refractivity contribution in [3.8, 4) is 11.8 Å². The molecule has 0 unspecified atom stereocenters. The molecule has 0 bridgehead atoms. The van der Waals surface area contributed by atoms with E-state index in [-0.39, 0.29) is 24.0 Å². The number of fused-ring (bicyclic) bond motifs is 1. The Morgan fingerprint density at radius 1 is 1.53 bits per heavy atom. The number of hydrogen-bond donors (Lipinski definition) is 1. The first-order chi connectivity index (χ1) is 6.74. The van der Waals surface area contributed by atoms with Gasteiger partial charge in [0.05, 0.1) is 6.61 Å². The van der Waals surface area contributed by atoms with E-state index in [9.17, 15) is 4.39 Å². The Morgan fingerprint density at radius 2 is 2.27 bits per heavy atom. The number of ether oxygens (including phenoxy) is 1. The molecule has 2 N–H and O–H groups in total. The topological polar surface area (TPSA) is 59.0 Å². The van der Waals surface area contributed by atoms with Crippen LogP contribution in [-0.4, -0.2) is 6.61 Å². The van der Waals surface area contributed by atoms with Gasteiger partial charge in [-0.3, -0.25) is 0 Å². The average molecular weight is 229 g/mol. The molecule has 2 rings (SSSR count). The van der Waals surface area contributed by atoms with Crippen molar-refractivity contribution in [3.05, 3.63) is 29.1 Å². The molecule has 1 atom stereocenters. The third kappa shape index (κ3) is 1.89. The maximum Gasteiger partial charge on any atom is 0.144 e. The fourth-order valence-corrected chi connectivity index (χ4v) is 1.57. The minimum Gasteiger partial charge on any atom is -0.492 e. The normalized spacial score (nSPS) is 18.1. The van der Waals surface area contributed by atoms with E-state index in [1.165, 1.54) is 6.07 Å². The van der Waals surface area contributed by atoms with E-state index < -0.39 is 5.82 Å². The van der Waals surface area contributed by atoms with Crippen LogP contribution in [0.2, 0.25) is 0 Å². The Hall–Kier alpha value is -1.31. The number of benzene rings is 1. The number of hydrogen-bond acceptors (Lipinski definition) is 3. The highest BCUT2D eigenvalue weighted by Gasteiger charge is 2.23. The monoisotopic (exact) mass is 228 g/mol. The summed E-state index contributed by atoms with van der Waals surface area (Å²) in [6.45, 7) is 0.437. The summed E-state index contributed by atoms with van der Waals surface area (Å²) in [6, 6.07) is 4.46. The van der Waals surface area contributed by atoms with Crippen LogP contribution < -0.4 is 10.5 Å². The molecule has 0 amide bonds. The van der Waals surface area contributed by atoms with Crippen LogP contribution in [-0.2, 0) is 0 Å². The molecule has 3 nitrogen and oxygen atoms in total. The van der Waals surface area contributed by atoms with Gasteiger partial charge in [0.1, 0.15) is 23.2 Å². The van der Waals surface area contributed by atoms with Crippen LogP contribution >= 0.6 is 12.4 Å². The lowest BCUT2D eigenvalue weighted by Crippen LogP contribution is -2.21. The maximum atomic E-state index is 13.2. The van der Waals surface area contributed by atoms with Crippen molar-refractivity contribution >= 4 is 12.4 Å². The van der Waals surface area contributed by atoms with Gasteiger partial charge in [-0.1, -0.05) is 6.07 Å². The average Bonchev–Trinajstić information content (AvgIpc) is 2.18. The zero-order valence-corrected chi connectivity index (χ0v) is 8.68. The lowest BCUT2D eigenvalue weighted by atomic mass is 9.98. The quantitative estimate of drug-likeness (QED) is 0.738. The van der Waals surface area contributed by atoms with Gasteiger partial charge < -0.3 is 10.5 Å². The fourth-order valence-electron chi connectivity index (χ4n) is 1.57. The van der Waals surface area contributed by atoms with Gasteiger partial charge in [-0.25, -0.2) is 4.39 Å². The predicted octanol–water partition coefficient (Wildman–Crippen LogP) is 1.90.